The minimum Gasteiger partial charge on any atom is -0.497 e. The molecule has 1 fully saturated rings. The Kier molecular flexibility index (Phi) is 5.73. The van der Waals surface area contributed by atoms with E-state index in [9.17, 15) is 8.42 Å². The summed E-state index contributed by atoms with van der Waals surface area (Å²) in [6.45, 7) is 0.860. The molecular formula is C24H27N3O4S. The molecule has 0 radical (unpaired) electrons. The maximum Gasteiger partial charge on any atom is 0.243 e. The molecule has 1 aliphatic heterocycles. The highest BCUT2D eigenvalue weighted by atomic mass is 32.2. The molecular weight excluding hydrogens is 426 g/mol. The minimum absolute atomic E-state index is 0.115. The Labute approximate surface area is 188 Å². The van der Waals surface area contributed by atoms with Crippen LogP contribution in [0.2, 0.25) is 0 Å². The third-order valence-electron chi connectivity index (χ3n) is 6.48. The van der Waals surface area contributed by atoms with Gasteiger partial charge in [0.15, 0.2) is 0 Å². The summed E-state index contributed by atoms with van der Waals surface area (Å²) in [6.07, 6.45) is 5.87. The molecule has 32 heavy (non-hydrogen) atoms. The van der Waals surface area contributed by atoms with Gasteiger partial charge in [0.2, 0.25) is 21.7 Å². The average Bonchev–Trinajstić information content (AvgIpc) is 3.34. The minimum atomic E-state index is -3.56. The van der Waals surface area contributed by atoms with Gasteiger partial charge in [-0.2, -0.15) is 9.29 Å². The van der Waals surface area contributed by atoms with Gasteiger partial charge in [0, 0.05) is 18.7 Å². The number of rotatable bonds is 5. The summed E-state index contributed by atoms with van der Waals surface area (Å²) < 4.78 is 39.1. The molecule has 1 aliphatic carbocycles. The van der Waals surface area contributed by atoms with Crippen LogP contribution in [0.3, 0.4) is 0 Å². The Hall–Kier alpha value is -2.71. The molecule has 8 heteroatoms. The van der Waals surface area contributed by atoms with Crippen LogP contribution >= 0.6 is 0 Å². The number of nitrogens with zero attached hydrogens (tertiary/aromatic N) is 3. The lowest BCUT2D eigenvalue weighted by atomic mass is 9.92. The van der Waals surface area contributed by atoms with E-state index in [1.165, 1.54) is 17.5 Å². The van der Waals surface area contributed by atoms with Crippen molar-refractivity contribution in [2.75, 3.05) is 20.2 Å². The molecule has 0 amide bonds. The van der Waals surface area contributed by atoms with Gasteiger partial charge in [-0.3, -0.25) is 0 Å². The lowest BCUT2D eigenvalue weighted by molar-refractivity contribution is 0.265. The van der Waals surface area contributed by atoms with E-state index < -0.39 is 10.0 Å². The number of fused-ring (bicyclic) bond motifs is 1. The largest absolute Gasteiger partial charge is 0.497 e. The van der Waals surface area contributed by atoms with Crippen LogP contribution in [-0.2, 0) is 22.9 Å². The summed E-state index contributed by atoms with van der Waals surface area (Å²) in [5, 5.41) is 4.12. The second kappa shape index (κ2) is 8.67. The Morgan fingerprint density at radius 1 is 1.03 bits per heavy atom. The maximum absolute atomic E-state index is 13.4. The molecule has 0 saturated carbocycles. The smallest absolute Gasteiger partial charge is 0.243 e. The van der Waals surface area contributed by atoms with Crippen LogP contribution in [0.4, 0.5) is 0 Å². The Morgan fingerprint density at radius 2 is 1.81 bits per heavy atom. The first-order valence-electron chi connectivity index (χ1n) is 11.1. The second-order valence-corrected chi connectivity index (χ2v) is 10.5. The zero-order valence-electron chi connectivity index (χ0n) is 18.2. The maximum atomic E-state index is 13.4. The molecule has 0 N–H and O–H groups in total. The topological polar surface area (TPSA) is 85.5 Å². The SMILES string of the molecule is COc1ccc(-c2noc([C@@H]3CCCN(S(=O)(=O)c4ccc5c(c4)CCCC5)C3)n2)cc1. The average molecular weight is 454 g/mol. The van der Waals surface area contributed by atoms with Crippen LogP contribution in [0.25, 0.3) is 11.4 Å². The summed E-state index contributed by atoms with van der Waals surface area (Å²) in [5.41, 5.74) is 3.28. The Balaban J connectivity index is 1.34. The third-order valence-corrected chi connectivity index (χ3v) is 8.34. The van der Waals surface area contributed by atoms with Gasteiger partial charge >= 0.3 is 0 Å². The highest BCUT2D eigenvalue weighted by Crippen LogP contribution is 2.32. The van der Waals surface area contributed by atoms with E-state index >= 15 is 0 Å². The molecule has 0 spiro atoms. The molecule has 2 heterocycles. The van der Waals surface area contributed by atoms with Gasteiger partial charge in [-0.25, -0.2) is 8.42 Å². The fourth-order valence-electron chi connectivity index (χ4n) is 4.64. The molecule has 1 atom stereocenters. The molecule has 0 unspecified atom stereocenters. The van der Waals surface area contributed by atoms with Gasteiger partial charge in [-0.05, 0) is 86.1 Å². The highest BCUT2D eigenvalue weighted by molar-refractivity contribution is 7.89. The summed E-state index contributed by atoms with van der Waals surface area (Å²) >= 11 is 0. The third kappa shape index (κ3) is 4.04. The predicted molar refractivity (Wildman–Crippen MR) is 120 cm³/mol. The molecule has 5 rings (SSSR count). The highest BCUT2D eigenvalue weighted by Gasteiger charge is 2.33. The number of benzene rings is 2. The Morgan fingerprint density at radius 3 is 2.59 bits per heavy atom. The summed E-state index contributed by atoms with van der Waals surface area (Å²) in [7, 11) is -1.94. The lowest BCUT2D eigenvalue weighted by Gasteiger charge is -2.30. The lowest BCUT2D eigenvalue weighted by Crippen LogP contribution is -2.39. The number of ether oxygens (including phenoxy) is 1. The molecule has 2 aliphatic rings. The van der Waals surface area contributed by atoms with Crippen molar-refractivity contribution in [1.82, 2.24) is 14.4 Å². The van der Waals surface area contributed by atoms with E-state index in [1.807, 2.05) is 36.4 Å². The van der Waals surface area contributed by atoms with Crippen molar-refractivity contribution >= 4 is 10.0 Å². The molecule has 1 aromatic heterocycles. The standard InChI is InChI=1S/C24H27N3O4S/c1-30-21-11-8-18(9-12-21)23-25-24(31-26-23)20-7-4-14-27(16-20)32(28,29)22-13-10-17-5-2-3-6-19(17)15-22/h8-13,15,20H,2-7,14,16H2,1H3/t20-/m1/s1. The molecule has 3 aromatic rings. The van der Waals surface area contributed by atoms with E-state index in [2.05, 4.69) is 10.1 Å². The molecule has 2 aromatic carbocycles. The number of aromatic nitrogens is 2. The van der Waals surface area contributed by atoms with Gasteiger partial charge < -0.3 is 9.26 Å². The summed E-state index contributed by atoms with van der Waals surface area (Å²) in [6, 6.07) is 13.1. The number of methoxy groups -OCH3 is 1. The van der Waals surface area contributed by atoms with Crippen LogP contribution in [0.5, 0.6) is 5.75 Å². The van der Waals surface area contributed by atoms with E-state index in [-0.39, 0.29) is 5.92 Å². The van der Waals surface area contributed by atoms with Crippen molar-refractivity contribution in [3.8, 4) is 17.1 Å². The van der Waals surface area contributed by atoms with Gasteiger partial charge in [0.05, 0.1) is 17.9 Å². The first-order chi connectivity index (χ1) is 15.5. The summed E-state index contributed by atoms with van der Waals surface area (Å²) in [5.74, 6) is 1.63. The van der Waals surface area contributed by atoms with Crippen LogP contribution in [-0.4, -0.2) is 43.1 Å². The van der Waals surface area contributed by atoms with Gasteiger partial charge in [0.1, 0.15) is 5.75 Å². The van der Waals surface area contributed by atoms with Gasteiger partial charge in [0.25, 0.3) is 0 Å². The van der Waals surface area contributed by atoms with Crippen LogP contribution in [0.15, 0.2) is 51.9 Å². The van der Waals surface area contributed by atoms with Crippen molar-refractivity contribution in [2.45, 2.75) is 49.3 Å². The van der Waals surface area contributed by atoms with Gasteiger partial charge in [-0.15, -0.1) is 0 Å². The molecule has 7 nitrogen and oxygen atoms in total. The van der Waals surface area contributed by atoms with Crippen molar-refractivity contribution in [3.63, 3.8) is 0 Å². The quantitative estimate of drug-likeness (QED) is 0.576. The summed E-state index contributed by atoms with van der Waals surface area (Å²) in [4.78, 5) is 4.96. The molecule has 0 bridgehead atoms. The van der Waals surface area contributed by atoms with E-state index in [4.69, 9.17) is 9.26 Å². The van der Waals surface area contributed by atoms with Crippen LogP contribution < -0.4 is 4.74 Å². The number of hydrogen-bond acceptors (Lipinski definition) is 6. The zero-order chi connectivity index (χ0) is 22.1. The molecule has 1 saturated heterocycles. The van der Waals surface area contributed by atoms with Crippen molar-refractivity contribution < 1.29 is 17.7 Å². The number of sulfonamides is 1. The monoisotopic (exact) mass is 453 g/mol. The fourth-order valence-corrected chi connectivity index (χ4v) is 6.21. The van der Waals surface area contributed by atoms with Crippen LogP contribution in [0.1, 0.15) is 48.6 Å². The van der Waals surface area contributed by atoms with Crippen molar-refractivity contribution in [1.29, 1.82) is 0 Å². The molecule has 168 valence electrons. The fraction of sp³-hybridized carbons (Fsp3) is 0.417. The number of aryl methyl sites for hydroxylation is 2. The number of piperidine rings is 1. The van der Waals surface area contributed by atoms with E-state index in [0.717, 1.165) is 43.4 Å². The number of hydrogen-bond donors (Lipinski definition) is 0. The van der Waals surface area contributed by atoms with E-state index in [0.29, 0.717) is 29.7 Å². The normalized spacial score (nSPS) is 19.5. The van der Waals surface area contributed by atoms with Crippen molar-refractivity contribution in [2.24, 2.45) is 0 Å². The van der Waals surface area contributed by atoms with Crippen molar-refractivity contribution in [3.05, 3.63) is 59.5 Å². The van der Waals surface area contributed by atoms with Crippen LogP contribution in [0, 0.1) is 0 Å². The second-order valence-electron chi connectivity index (χ2n) is 8.52. The first-order valence-corrected chi connectivity index (χ1v) is 12.6. The zero-order valence-corrected chi connectivity index (χ0v) is 19.0. The Bertz CT molecular complexity index is 1200. The first kappa shape index (κ1) is 21.2. The predicted octanol–water partition coefficient (Wildman–Crippen LogP) is 4.19. The van der Waals surface area contributed by atoms with E-state index in [1.54, 1.807) is 17.5 Å². The van der Waals surface area contributed by atoms with Gasteiger partial charge in [-0.1, -0.05) is 11.2 Å².